The zero-order valence-electron chi connectivity index (χ0n) is 5.89. The largest absolute Gasteiger partial charge is 0.506 e. The van der Waals surface area contributed by atoms with E-state index in [2.05, 4.69) is 5.32 Å². The van der Waals surface area contributed by atoms with Gasteiger partial charge >= 0.3 is 0 Å². The lowest BCUT2D eigenvalue weighted by Crippen LogP contribution is -1.90. The van der Waals surface area contributed by atoms with Crippen LogP contribution in [0.1, 0.15) is 5.56 Å². The number of halogens is 1. The third-order valence-corrected chi connectivity index (χ3v) is 2.26. The van der Waals surface area contributed by atoms with E-state index in [9.17, 15) is 5.11 Å². The predicted octanol–water partition coefficient (Wildman–Crippen LogP) is 2.01. The number of aromatic hydroxyl groups is 1. The molecular weight excluding hydrogens is 162 g/mol. The van der Waals surface area contributed by atoms with Crippen LogP contribution in [0.4, 0.5) is 5.69 Å². The third-order valence-electron chi connectivity index (χ3n) is 1.91. The summed E-state index contributed by atoms with van der Waals surface area (Å²) in [6.45, 7) is 0.868. The van der Waals surface area contributed by atoms with Gasteiger partial charge < -0.3 is 10.4 Å². The van der Waals surface area contributed by atoms with Crippen molar-refractivity contribution in [1.29, 1.82) is 0 Å². The highest BCUT2D eigenvalue weighted by Crippen LogP contribution is 2.36. The van der Waals surface area contributed by atoms with Crippen LogP contribution < -0.4 is 5.32 Å². The van der Waals surface area contributed by atoms with Gasteiger partial charge in [-0.15, -0.1) is 0 Å². The van der Waals surface area contributed by atoms with Gasteiger partial charge in [0, 0.05) is 11.6 Å². The van der Waals surface area contributed by atoms with Gasteiger partial charge in [-0.05, 0) is 24.1 Å². The molecule has 0 amide bonds. The Morgan fingerprint density at radius 3 is 3.00 bits per heavy atom. The molecule has 1 heterocycles. The maximum atomic E-state index is 9.33. The van der Waals surface area contributed by atoms with E-state index in [0.717, 1.165) is 29.2 Å². The van der Waals surface area contributed by atoms with Crippen LogP contribution >= 0.6 is 11.6 Å². The number of phenols is 1. The van der Waals surface area contributed by atoms with Gasteiger partial charge in [0.15, 0.2) is 0 Å². The molecule has 2 N–H and O–H groups in total. The third kappa shape index (κ3) is 0.942. The van der Waals surface area contributed by atoms with Crippen molar-refractivity contribution in [3.8, 4) is 5.75 Å². The Morgan fingerprint density at radius 2 is 2.27 bits per heavy atom. The average Bonchev–Trinajstić information content (AvgIpc) is 2.45. The van der Waals surface area contributed by atoms with Crippen molar-refractivity contribution >= 4 is 17.3 Å². The molecule has 2 nitrogen and oxygen atoms in total. The maximum Gasteiger partial charge on any atom is 0.139 e. The monoisotopic (exact) mass is 169 g/mol. The number of benzene rings is 1. The molecule has 1 aliphatic heterocycles. The second kappa shape index (κ2) is 2.31. The molecule has 0 bridgehead atoms. The van der Waals surface area contributed by atoms with Gasteiger partial charge in [0.1, 0.15) is 5.75 Å². The first-order valence-electron chi connectivity index (χ1n) is 3.53. The standard InChI is InChI=1S/C8H8ClNO/c9-6-1-2-7(11)8-5(6)3-4-10-8/h1-2,10-11H,3-4H2. The van der Waals surface area contributed by atoms with E-state index >= 15 is 0 Å². The summed E-state index contributed by atoms with van der Waals surface area (Å²) in [5.41, 5.74) is 1.84. The van der Waals surface area contributed by atoms with Gasteiger partial charge in [0.25, 0.3) is 0 Å². The summed E-state index contributed by atoms with van der Waals surface area (Å²) in [7, 11) is 0. The Morgan fingerprint density at radius 1 is 1.45 bits per heavy atom. The predicted molar refractivity (Wildman–Crippen MR) is 45.3 cm³/mol. The fraction of sp³-hybridized carbons (Fsp3) is 0.250. The smallest absolute Gasteiger partial charge is 0.139 e. The lowest BCUT2D eigenvalue weighted by molar-refractivity contribution is 0.477. The van der Waals surface area contributed by atoms with Gasteiger partial charge in [-0.25, -0.2) is 0 Å². The van der Waals surface area contributed by atoms with Crippen LogP contribution in [0, 0.1) is 0 Å². The Kier molecular flexibility index (Phi) is 1.43. The molecule has 0 fully saturated rings. The number of hydrogen-bond donors (Lipinski definition) is 2. The molecule has 1 aliphatic rings. The van der Waals surface area contributed by atoms with Gasteiger partial charge in [-0.1, -0.05) is 11.6 Å². The van der Waals surface area contributed by atoms with E-state index in [-0.39, 0.29) is 0 Å². The first-order chi connectivity index (χ1) is 5.29. The molecule has 0 aromatic heterocycles. The van der Waals surface area contributed by atoms with Crippen LogP contribution in [0.3, 0.4) is 0 Å². The second-order valence-electron chi connectivity index (χ2n) is 2.60. The highest BCUT2D eigenvalue weighted by molar-refractivity contribution is 6.32. The van der Waals surface area contributed by atoms with E-state index in [0.29, 0.717) is 5.75 Å². The highest BCUT2D eigenvalue weighted by atomic mass is 35.5. The Labute approximate surface area is 69.8 Å². The quantitative estimate of drug-likeness (QED) is 0.583. The van der Waals surface area contributed by atoms with Gasteiger partial charge in [-0.3, -0.25) is 0 Å². The van der Waals surface area contributed by atoms with Crippen molar-refractivity contribution < 1.29 is 5.11 Å². The van der Waals surface area contributed by atoms with Crippen molar-refractivity contribution in [2.75, 3.05) is 11.9 Å². The topological polar surface area (TPSA) is 32.3 Å². The fourth-order valence-electron chi connectivity index (χ4n) is 1.36. The minimum atomic E-state index is 0.293. The van der Waals surface area contributed by atoms with Crippen LogP contribution in [0.15, 0.2) is 12.1 Å². The summed E-state index contributed by atoms with van der Waals surface area (Å²) in [6.07, 6.45) is 0.905. The number of fused-ring (bicyclic) bond motifs is 1. The summed E-state index contributed by atoms with van der Waals surface area (Å²) in [5, 5.41) is 13.1. The number of phenolic OH excluding ortho intramolecular Hbond substituents is 1. The molecule has 0 saturated heterocycles. The molecule has 0 atom stereocenters. The number of nitrogens with one attached hydrogen (secondary N) is 1. The lowest BCUT2D eigenvalue weighted by atomic mass is 10.1. The molecule has 58 valence electrons. The van der Waals surface area contributed by atoms with E-state index in [4.69, 9.17) is 11.6 Å². The molecule has 1 aromatic rings. The molecule has 3 heteroatoms. The summed E-state index contributed by atoms with van der Waals surface area (Å²) in [4.78, 5) is 0. The van der Waals surface area contributed by atoms with Crippen LogP contribution in [0.25, 0.3) is 0 Å². The molecule has 2 rings (SSSR count). The van der Waals surface area contributed by atoms with Gasteiger partial charge in [0.05, 0.1) is 5.69 Å². The molecule has 0 saturated carbocycles. The van der Waals surface area contributed by atoms with E-state index in [1.54, 1.807) is 12.1 Å². The first-order valence-corrected chi connectivity index (χ1v) is 3.91. The van der Waals surface area contributed by atoms with Crippen molar-refractivity contribution in [2.45, 2.75) is 6.42 Å². The van der Waals surface area contributed by atoms with E-state index < -0.39 is 0 Å². The van der Waals surface area contributed by atoms with Gasteiger partial charge in [0.2, 0.25) is 0 Å². The van der Waals surface area contributed by atoms with Crippen molar-refractivity contribution in [1.82, 2.24) is 0 Å². The number of hydrogen-bond acceptors (Lipinski definition) is 2. The minimum absolute atomic E-state index is 0.293. The molecule has 0 unspecified atom stereocenters. The maximum absolute atomic E-state index is 9.33. The van der Waals surface area contributed by atoms with Crippen LogP contribution in [0.5, 0.6) is 5.75 Å². The number of rotatable bonds is 0. The Bertz CT molecular complexity index is 269. The van der Waals surface area contributed by atoms with Crippen LogP contribution in [-0.2, 0) is 6.42 Å². The highest BCUT2D eigenvalue weighted by Gasteiger charge is 2.16. The zero-order valence-corrected chi connectivity index (χ0v) is 6.65. The average molecular weight is 170 g/mol. The molecule has 0 radical (unpaired) electrons. The molecule has 0 spiro atoms. The molecule has 0 aliphatic carbocycles. The molecular formula is C8H8ClNO. The van der Waals surface area contributed by atoms with E-state index in [1.807, 2.05) is 0 Å². The Hall–Kier alpha value is -0.890. The molecule has 11 heavy (non-hydrogen) atoms. The van der Waals surface area contributed by atoms with Crippen molar-refractivity contribution in [2.24, 2.45) is 0 Å². The first kappa shape index (κ1) is 6.80. The van der Waals surface area contributed by atoms with Crippen molar-refractivity contribution in [3.05, 3.63) is 22.7 Å². The lowest BCUT2D eigenvalue weighted by Gasteiger charge is -2.03. The summed E-state index contributed by atoms with van der Waals surface area (Å²) in [6, 6.07) is 3.34. The SMILES string of the molecule is Oc1ccc(Cl)c2c1NCC2. The number of anilines is 1. The van der Waals surface area contributed by atoms with Crippen LogP contribution in [0.2, 0.25) is 5.02 Å². The fourth-order valence-corrected chi connectivity index (χ4v) is 1.62. The summed E-state index contributed by atoms with van der Waals surface area (Å²) >= 11 is 5.89. The summed E-state index contributed by atoms with van der Waals surface area (Å²) < 4.78 is 0. The van der Waals surface area contributed by atoms with Gasteiger partial charge in [-0.2, -0.15) is 0 Å². The van der Waals surface area contributed by atoms with Crippen molar-refractivity contribution in [3.63, 3.8) is 0 Å². The second-order valence-corrected chi connectivity index (χ2v) is 3.00. The van der Waals surface area contributed by atoms with E-state index in [1.165, 1.54) is 0 Å². The van der Waals surface area contributed by atoms with Crippen LogP contribution in [-0.4, -0.2) is 11.7 Å². The Balaban J connectivity index is 2.64. The summed E-state index contributed by atoms with van der Waals surface area (Å²) in [5.74, 6) is 0.293. The zero-order chi connectivity index (χ0) is 7.84. The molecule has 1 aromatic carbocycles. The minimum Gasteiger partial charge on any atom is -0.506 e. The normalized spacial score (nSPS) is 14.3.